The Bertz CT molecular complexity index is 513. The first-order valence-corrected chi connectivity index (χ1v) is 5.93. The van der Waals surface area contributed by atoms with Gasteiger partial charge in [-0.05, 0) is 23.9 Å². The van der Waals surface area contributed by atoms with Crippen molar-refractivity contribution in [1.82, 2.24) is 9.97 Å². The Kier molecular flexibility index (Phi) is 3.07. The molecule has 0 radical (unpaired) electrons. The quantitative estimate of drug-likeness (QED) is 0.869. The van der Waals surface area contributed by atoms with E-state index in [1.54, 1.807) is 6.20 Å². The van der Waals surface area contributed by atoms with Crippen molar-refractivity contribution in [3.8, 4) is 0 Å². The average molecular weight is 253 g/mol. The van der Waals surface area contributed by atoms with Gasteiger partial charge in [-0.15, -0.1) is 11.3 Å². The number of aromatic nitrogens is 2. The zero-order valence-corrected chi connectivity index (χ0v) is 9.59. The van der Waals surface area contributed by atoms with Gasteiger partial charge in [0, 0.05) is 11.6 Å². The van der Waals surface area contributed by atoms with Gasteiger partial charge in [-0.2, -0.15) is 0 Å². The number of carboxylic acid groups (broad SMARTS) is 1. The number of nitrogens with zero attached hydrogens (tertiary/aromatic N) is 2. The summed E-state index contributed by atoms with van der Waals surface area (Å²) in [7, 11) is 0. The Morgan fingerprint density at radius 3 is 2.94 bits per heavy atom. The van der Waals surface area contributed by atoms with Crippen molar-refractivity contribution in [2.75, 3.05) is 5.73 Å². The molecule has 0 bridgehead atoms. The number of anilines is 1. The molecule has 16 heavy (non-hydrogen) atoms. The van der Waals surface area contributed by atoms with Crippen LogP contribution in [0.4, 0.5) is 5.69 Å². The number of thiazole rings is 1. The first kappa shape index (κ1) is 10.9. The molecule has 0 fully saturated rings. The van der Waals surface area contributed by atoms with Crippen LogP contribution in [0.15, 0.2) is 33.1 Å². The molecule has 0 saturated carbocycles. The third-order valence-corrected chi connectivity index (χ3v) is 3.61. The number of hydrogen-bond acceptors (Lipinski definition) is 6. The first-order chi connectivity index (χ1) is 7.66. The Morgan fingerprint density at radius 1 is 1.50 bits per heavy atom. The van der Waals surface area contributed by atoms with E-state index in [0.717, 1.165) is 4.34 Å². The van der Waals surface area contributed by atoms with Crippen LogP contribution < -0.4 is 5.73 Å². The molecule has 3 N–H and O–H groups in total. The second-order valence-electron chi connectivity index (χ2n) is 2.80. The van der Waals surface area contributed by atoms with E-state index in [-0.39, 0.29) is 5.69 Å². The van der Waals surface area contributed by atoms with Crippen molar-refractivity contribution in [1.29, 1.82) is 0 Å². The lowest BCUT2D eigenvalue weighted by molar-refractivity contribution is 0.0690. The van der Waals surface area contributed by atoms with Gasteiger partial charge in [0.25, 0.3) is 0 Å². The van der Waals surface area contributed by atoms with Gasteiger partial charge >= 0.3 is 5.97 Å². The van der Waals surface area contributed by atoms with Crippen molar-refractivity contribution in [2.45, 2.75) is 9.37 Å². The maximum atomic E-state index is 10.7. The predicted octanol–water partition coefficient (Wildman–Crippen LogP) is 1.97. The normalized spacial score (nSPS) is 10.2. The number of hydrogen-bond donors (Lipinski definition) is 2. The summed E-state index contributed by atoms with van der Waals surface area (Å²) in [6.07, 6.45) is 1.67. The standard InChI is InChI=1S/C9H7N3O2S2/c10-5-1-2-6(8(13)14)12-7(5)16-9-11-3-4-15-9/h1-4H,10H2,(H,13,14). The number of carbonyl (C=O) groups is 1. The molecule has 0 aromatic carbocycles. The summed E-state index contributed by atoms with van der Waals surface area (Å²) < 4.78 is 0.779. The zero-order valence-electron chi connectivity index (χ0n) is 7.95. The fraction of sp³-hybridized carbons (Fsp3) is 0. The maximum absolute atomic E-state index is 10.7. The number of rotatable bonds is 3. The molecule has 2 aromatic heterocycles. The van der Waals surface area contributed by atoms with E-state index in [0.29, 0.717) is 10.7 Å². The van der Waals surface area contributed by atoms with Crippen LogP contribution >= 0.6 is 23.1 Å². The summed E-state index contributed by atoms with van der Waals surface area (Å²) in [5, 5.41) is 11.1. The molecule has 5 nitrogen and oxygen atoms in total. The van der Waals surface area contributed by atoms with Gasteiger partial charge in [-0.25, -0.2) is 14.8 Å². The molecule has 0 aliphatic rings. The smallest absolute Gasteiger partial charge is 0.354 e. The molecule has 2 heterocycles. The molecule has 2 aromatic rings. The summed E-state index contributed by atoms with van der Waals surface area (Å²) >= 11 is 2.71. The minimum absolute atomic E-state index is 0.0201. The molecule has 0 aliphatic heterocycles. The fourth-order valence-corrected chi connectivity index (χ4v) is 2.56. The van der Waals surface area contributed by atoms with Gasteiger partial charge in [-0.3, -0.25) is 0 Å². The number of nitrogens with two attached hydrogens (primary N) is 1. The van der Waals surface area contributed by atoms with Crippen LogP contribution in [0.5, 0.6) is 0 Å². The average Bonchev–Trinajstić information content (AvgIpc) is 2.73. The second-order valence-corrected chi connectivity index (χ2v) is 4.93. The summed E-state index contributed by atoms with van der Waals surface area (Å²) in [6.45, 7) is 0. The monoisotopic (exact) mass is 253 g/mol. The van der Waals surface area contributed by atoms with Gasteiger partial charge in [0.05, 0.1) is 5.69 Å². The van der Waals surface area contributed by atoms with Gasteiger partial charge in [-0.1, -0.05) is 0 Å². The lowest BCUT2D eigenvalue weighted by atomic mass is 10.3. The highest BCUT2D eigenvalue weighted by Crippen LogP contribution is 2.31. The second kappa shape index (κ2) is 4.50. The van der Waals surface area contributed by atoms with Crippen LogP contribution in [0.25, 0.3) is 0 Å². The topological polar surface area (TPSA) is 89.1 Å². The molecular formula is C9H7N3O2S2. The Hall–Kier alpha value is -1.60. The fourth-order valence-electron chi connectivity index (χ4n) is 0.996. The van der Waals surface area contributed by atoms with E-state index in [2.05, 4.69) is 9.97 Å². The van der Waals surface area contributed by atoms with Crippen molar-refractivity contribution in [3.63, 3.8) is 0 Å². The van der Waals surface area contributed by atoms with Crippen LogP contribution in [0.2, 0.25) is 0 Å². The van der Waals surface area contributed by atoms with Crippen molar-refractivity contribution >= 4 is 34.8 Å². The van der Waals surface area contributed by atoms with Crippen LogP contribution in [0.1, 0.15) is 10.5 Å². The summed E-state index contributed by atoms with van der Waals surface area (Å²) in [6, 6.07) is 2.91. The SMILES string of the molecule is Nc1ccc(C(=O)O)nc1Sc1nccs1. The van der Waals surface area contributed by atoms with E-state index >= 15 is 0 Å². The summed E-state index contributed by atoms with van der Waals surface area (Å²) in [5.74, 6) is -1.07. The third-order valence-electron chi connectivity index (χ3n) is 1.70. The van der Waals surface area contributed by atoms with Gasteiger partial charge in [0.2, 0.25) is 0 Å². The largest absolute Gasteiger partial charge is 0.477 e. The highest BCUT2D eigenvalue weighted by Gasteiger charge is 2.10. The van der Waals surface area contributed by atoms with E-state index in [1.165, 1.54) is 35.2 Å². The van der Waals surface area contributed by atoms with E-state index in [4.69, 9.17) is 10.8 Å². The van der Waals surface area contributed by atoms with Crippen molar-refractivity contribution < 1.29 is 9.90 Å². The molecule has 7 heteroatoms. The molecule has 0 spiro atoms. The lowest BCUT2D eigenvalue weighted by Gasteiger charge is -2.02. The Morgan fingerprint density at radius 2 is 2.31 bits per heavy atom. The van der Waals surface area contributed by atoms with E-state index in [9.17, 15) is 4.79 Å². The summed E-state index contributed by atoms with van der Waals surface area (Å²) in [5.41, 5.74) is 6.14. The van der Waals surface area contributed by atoms with Crippen molar-refractivity contribution in [3.05, 3.63) is 29.4 Å². The highest BCUT2D eigenvalue weighted by atomic mass is 32.2. The van der Waals surface area contributed by atoms with Crippen LogP contribution in [-0.4, -0.2) is 21.0 Å². The number of aromatic carboxylic acids is 1. The molecule has 0 aliphatic carbocycles. The van der Waals surface area contributed by atoms with Crippen LogP contribution in [0, 0.1) is 0 Å². The van der Waals surface area contributed by atoms with E-state index in [1.807, 2.05) is 5.38 Å². The molecule has 0 saturated heterocycles. The van der Waals surface area contributed by atoms with Gasteiger partial charge < -0.3 is 10.8 Å². The zero-order chi connectivity index (χ0) is 11.5. The molecular weight excluding hydrogens is 246 g/mol. The van der Waals surface area contributed by atoms with E-state index < -0.39 is 5.97 Å². The maximum Gasteiger partial charge on any atom is 0.354 e. The minimum atomic E-state index is -1.07. The number of pyridine rings is 1. The number of carboxylic acids is 1. The first-order valence-electron chi connectivity index (χ1n) is 4.24. The van der Waals surface area contributed by atoms with Crippen LogP contribution in [0.3, 0.4) is 0 Å². The minimum Gasteiger partial charge on any atom is -0.477 e. The third kappa shape index (κ3) is 2.31. The van der Waals surface area contributed by atoms with Gasteiger partial charge in [0.15, 0.2) is 4.34 Å². The highest BCUT2D eigenvalue weighted by molar-refractivity contribution is 8.01. The Labute approximate surface area is 99.4 Å². The predicted molar refractivity (Wildman–Crippen MR) is 61.8 cm³/mol. The molecule has 0 amide bonds. The molecule has 0 unspecified atom stereocenters. The van der Waals surface area contributed by atoms with Crippen LogP contribution in [-0.2, 0) is 0 Å². The van der Waals surface area contributed by atoms with Gasteiger partial charge in [0.1, 0.15) is 10.7 Å². The molecule has 82 valence electrons. The summed E-state index contributed by atoms with van der Waals surface area (Å²) in [4.78, 5) is 18.8. The van der Waals surface area contributed by atoms with Crippen molar-refractivity contribution in [2.24, 2.45) is 0 Å². The molecule has 0 atom stereocenters. The lowest BCUT2D eigenvalue weighted by Crippen LogP contribution is -2.02. The number of nitrogen functional groups attached to an aromatic ring is 1. The Balaban J connectivity index is 2.32. The molecule has 2 rings (SSSR count).